The number of ether oxygens (including phenoxy) is 1. The van der Waals surface area contributed by atoms with E-state index in [0.29, 0.717) is 12.3 Å². The van der Waals surface area contributed by atoms with Gasteiger partial charge in [-0.1, -0.05) is 24.3 Å². The monoisotopic (exact) mass is 404 g/mol. The molecule has 30 heavy (non-hydrogen) atoms. The van der Waals surface area contributed by atoms with Crippen LogP contribution < -0.4 is 5.32 Å². The molecule has 0 radical (unpaired) electrons. The van der Waals surface area contributed by atoms with E-state index in [-0.39, 0.29) is 0 Å². The molecule has 1 saturated heterocycles. The van der Waals surface area contributed by atoms with E-state index in [9.17, 15) is 9.59 Å². The molecule has 7 nitrogen and oxygen atoms in total. The number of hydrogen-bond acceptors (Lipinski definition) is 6. The van der Waals surface area contributed by atoms with Gasteiger partial charge in [0.05, 0.1) is 6.20 Å². The van der Waals surface area contributed by atoms with Gasteiger partial charge in [-0.2, -0.15) is 0 Å². The smallest absolute Gasteiger partial charge is 0.415 e. The zero-order chi connectivity index (χ0) is 21.1. The molecule has 3 heterocycles. The lowest BCUT2D eigenvalue weighted by Crippen LogP contribution is -2.30. The van der Waals surface area contributed by atoms with E-state index in [0.717, 1.165) is 33.6 Å². The summed E-state index contributed by atoms with van der Waals surface area (Å²) in [6.45, 7) is 3.77. The van der Waals surface area contributed by atoms with Gasteiger partial charge in [0.2, 0.25) is 5.89 Å². The van der Waals surface area contributed by atoms with Crippen molar-refractivity contribution >= 4 is 23.0 Å². The maximum Gasteiger partial charge on any atom is 0.415 e. The maximum atomic E-state index is 11.3. The average molecular weight is 404 g/mol. The van der Waals surface area contributed by atoms with Gasteiger partial charge in [0.25, 0.3) is 0 Å². The average Bonchev–Trinajstić information content (AvgIpc) is 3.41. The molecule has 1 atom stereocenters. The Labute approximate surface area is 172 Å². The molecular formula is C23H20N2O5. The van der Waals surface area contributed by atoms with Crippen LogP contribution in [0.25, 0.3) is 22.4 Å². The quantitative estimate of drug-likeness (QED) is 0.397. The third-order valence-corrected chi connectivity index (χ3v) is 4.56. The van der Waals surface area contributed by atoms with Crippen molar-refractivity contribution in [1.82, 2.24) is 10.3 Å². The summed E-state index contributed by atoms with van der Waals surface area (Å²) in [5, 5.41) is 3.46. The summed E-state index contributed by atoms with van der Waals surface area (Å²) in [5.74, 6) is 1.85. The molecular weight excluding hydrogens is 384 g/mol. The second kappa shape index (κ2) is 8.24. The highest BCUT2D eigenvalue weighted by Crippen LogP contribution is 2.21. The fourth-order valence-corrected chi connectivity index (χ4v) is 3.18. The minimum Gasteiger partial charge on any atom is -0.461 e. The Kier molecular flexibility index (Phi) is 5.34. The van der Waals surface area contributed by atoms with Crippen molar-refractivity contribution in [2.45, 2.75) is 26.3 Å². The number of esters is 1. The summed E-state index contributed by atoms with van der Waals surface area (Å²) in [6.07, 6.45) is 1.47. The third-order valence-electron chi connectivity index (χ3n) is 4.56. The molecule has 7 heteroatoms. The number of alkyl carbamates (subject to hydrolysis) is 1. The predicted molar refractivity (Wildman–Crippen MR) is 110 cm³/mol. The molecule has 0 bridgehead atoms. The summed E-state index contributed by atoms with van der Waals surface area (Å²) < 4.78 is 15.3. The van der Waals surface area contributed by atoms with Crippen molar-refractivity contribution in [3.8, 4) is 11.5 Å². The molecule has 1 aliphatic rings. The maximum absolute atomic E-state index is 11.3. The van der Waals surface area contributed by atoms with Crippen LogP contribution in [0, 0.1) is 13.8 Å². The van der Waals surface area contributed by atoms with Gasteiger partial charge in [-0.25, -0.2) is 14.6 Å². The lowest BCUT2D eigenvalue weighted by Gasteiger charge is -2.05. The Balaban J connectivity index is 0.000000158. The zero-order valence-corrected chi connectivity index (χ0v) is 16.5. The largest absolute Gasteiger partial charge is 0.461 e. The first kappa shape index (κ1) is 19.4. The number of oxazole rings is 1. The Morgan fingerprint density at radius 2 is 1.77 bits per heavy atom. The summed E-state index contributed by atoms with van der Waals surface area (Å²) in [5.41, 5.74) is 2.78. The molecule has 1 amide bonds. The summed E-state index contributed by atoms with van der Waals surface area (Å²) in [7, 11) is 0. The molecule has 4 aromatic rings. The molecule has 1 aliphatic heterocycles. The predicted octanol–water partition coefficient (Wildman–Crippen LogP) is 4.57. The number of amides is 1. The first-order valence-corrected chi connectivity index (χ1v) is 9.47. The number of fused-ring (bicyclic) bond motifs is 1. The topological polar surface area (TPSA) is 94.6 Å². The van der Waals surface area contributed by atoms with Crippen LogP contribution in [0.3, 0.4) is 0 Å². The SMILES string of the molecule is Cc1cc2cc(CC3NC(=O)OC3=O)ccc2o1.Cc1cnc(-c2ccccc2)o1. The van der Waals surface area contributed by atoms with Gasteiger partial charge in [0, 0.05) is 17.4 Å². The number of carbonyl (C=O) groups excluding carboxylic acids is 2. The van der Waals surface area contributed by atoms with E-state index in [4.69, 9.17) is 8.83 Å². The standard InChI is InChI=1S/C13H11NO4.C10H9NO/c1-7-4-9-5-8(2-3-11(9)17-7)6-10-12(15)18-13(16)14-10;1-8-7-11-10(12-8)9-5-3-2-4-6-9/h2-5,10H,6H2,1H3,(H,14,16);2-7H,1H3. The van der Waals surface area contributed by atoms with E-state index in [1.54, 1.807) is 6.20 Å². The first-order valence-electron chi connectivity index (χ1n) is 9.47. The third kappa shape index (κ3) is 4.41. The number of rotatable bonds is 3. The summed E-state index contributed by atoms with van der Waals surface area (Å²) in [4.78, 5) is 26.4. The fraction of sp³-hybridized carbons (Fsp3) is 0.174. The number of nitrogens with zero attached hydrogens (tertiary/aromatic N) is 1. The van der Waals surface area contributed by atoms with Crippen molar-refractivity contribution < 1.29 is 23.2 Å². The number of hydrogen-bond donors (Lipinski definition) is 1. The lowest BCUT2D eigenvalue weighted by molar-refractivity contribution is -0.135. The van der Waals surface area contributed by atoms with Crippen molar-refractivity contribution in [3.05, 3.63) is 77.9 Å². The van der Waals surface area contributed by atoms with Crippen LogP contribution in [0.4, 0.5) is 4.79 Å². The fourth-order valence-electron chi connectivity index (χ4n) is 3.18. The van der Waals surface area contributed by atoms with Gasteiger partial charge in [0.15, 0.2) is 0 Å². The van der Waals surface area contributed by atoms with Gasteiger partial charge < -0.3 is 18.9 Å². The van der Waals surface area contributed by atoms with Crippen LogP contribution in [0.1, 0.15) is 17.1 Å². The number of aromatic nitrogens is 1. The molecule has 2 aromatic heterocycles. The number of nitrogens with one attached hydrogen (secondary N) is 1. The van der Waals surface area contributed by atoms with Crippen molar-refractivity contribution in [2.75, 3.05) is 0 Å². The number of benzene rings is 2. The van der Waals surface area contributed by atoms with Crippen molar-refractivity contribution in [2.24, 2.45) is 0 Å². The second-order valence-corrected chi connectivity index (χ2v) is 6.98. The minimum atomic E-state index is -0.676. The van der Waals surface area contributed by atoms with Crippen LogP contribution in [0.15, 0.2) is 69.6 Å². The van der Waals surface area contributed by atoms with Gasteiger partial charge in [-0.05, 0) is 49.7 Å². The highest BCUT2D eigenvalue weighted by Gasteiger charge is 2.32. The van der Waals surface area contributed by atoms with Crippen molar-refractivity contribution in [1.29, 1.82) is 0 Å². The molecule has 5 rings (SSSR count). The molecule has 152 valence electrons. The zero-order valence-electron chi connectivity index (χ0n) is 16.5. The van der Waals surface area contributed by atoms with Crippen LogP contribution in [-0.4, -0.2) is 23.1 Å². The van der Waals surface area contributed by atoms with Gasteiger partial charge in [0.1, 0.15) is 23.1 Å². The lowest BCUT2D eigenvalue weighted by atomic mass is 10.0. The van der Waals surface area contributed by atoms with Gasteiger partial charge in [-0.15, -0.1) is 0 Å². The Hall–Kier alpha value is -3.87. The molecule has 1 fully saturated rings. The van der Waals surface area contributed by atoms with Crippen LogP contribution >= 0.6 is 0 Å². The number of furan rings is 1. The number of carbonyl (C=O) groups is 2. The number of cyclic esters (lactones) is 2. The first-order chi connectivity index (χ1) is 14.5. The summed E-state index contributed by atoms with van der Waals surface area (Å²) >= 11 is 0. The van der Waals surface area contributed by atoms with Gasteiger partial charge >= 0.3 is 12.1 Å². The molecule has 1 N–H and O–H groups in total. The van der Waals surface area contributed by atoms with Crippen LogP contribution in [-0.2, 0) is 16.0 Å². The normalized spacial score (nSPS) is 15.5. The summed E-state index contributed by atoms with van der Waals surface area (Å²) in [6, 6.07) is 16.9. The highest BCUT2D eigenvalue weighted by atomic mass is 16.6. The van der Waals surface area contributed by atoms with E-state index in [1.807, 2.05) is 68.4 Å². The minimum absolute atomic E-state index is 0.421. The molecule has 1 unspecified atom stereocenters. The van der Waals surface area contributed by atoms with E-state index < -0.39 is 18.1 Å². The van der Waals surface area contributed by atoms with Crippen LogP contribution in [0.5, 0.6) is 0 Å². The van der Waals surface area contributed by atoms with Gasteiger partial charge in [-0.3, -0.25) is 0 Å². The molecule has 0 saturated carbocycles. The Morgan fingerprint density at radius 3 is 2.43 bits per heavy atom. The second-order valence-electron chi connectivity index (χ2n) is 6.98. The molecule has 2 aromatic carbocycles. The van der Waals surface area contributed by atoms with E-state index in [1.165, 1.54) is 0 Å². The van der Waals surface area contributed by atoms with Crippen LogP contribution in [0.2, 0.25) is 0 Å². The Bertz CT molecular complexity index is 1190. The van der Waals surface area contributed by atoms with E-state index in [2.05, 4.69) is 15.0 Å². The van der Waals surface area contributed by atoms with E-state index >= 15 is 0 Å². The highest BCUT2D eigenvalue weighted by molar-refractivity contribution is 5.95. The Morgan fingerprint density at radius 1 is 0.967 bits per heavy atom. The molecule has 0 spiro atoms. The van der Waals surface area contributed by atoms with Crippen molar-refractivity contribution in [3.63, 3.8) is 0 Å². The molecule has 0 aliphatic carbocycles. The number of aryl methyl sites for hydroxylation is 2.